The highest BCUT2D eigenvalue weighted by Crippen LogP contribution is 2.35. The van der Waals surface area contributed by atoms with Gasteiger partial charge in [-0.05, 0) is 18.2 Å². The van der Waals surface area contributed by atoms with Gasteiger partial charge in [-0.1, -0.05) is 11.6 Å². The quantitative estimate of drug-likeness (QED) is 0.696. The molecule has 1 saturated heterocycles. The Hall–Kier alpha value is -2.24. The van der Waals surface area contributed by atoms with Gasteiger partial charge in [0.2, 0.25) is 10.0 Å². The van der Waals surface area contributed by atoms with Crippen molar-refractivity contribution >= 4 is 27.4 Å². The molecule has 2 aliphatic heterocycles. The summed E-state index contributed by atoms with van der Waals surface area (Å²) < 4.78 is 76.5. The second-order valence-electron chi connectivity index (χ2n) is 6.72. The Bertz CT molecular complexity index is 1060. The maximum Gasteiger partial charge on any atom is 0.417 e. The number of pyridine rings is 1. The summed E-state index contributed by atoms with van der Waals surface area (Å²) in [6, 6.07) is 5.28. The lowest BCUT2D eigenvalue weighted by molar-refractivity contribution is -0.137. The monoisotopic (exact) mass is 463 g/mol. The highest BCUT2D eigenvalue weighted by Gasteiger charge is 2.34. The molecule has 0 amide bonds. The van der Waals surface area contributed by atoms with Crippen LogP contribution in [-0.4, -0.2) is 57.1 Å². The van der Waals surface area contributed by atoms with Gasteiger partial charge in [0.15, 0.2) is 11.5 Å². The number of sulfonamides is 1. The summed E-state index contributed by atoms with van der Waals surface area (Å²) >= 11 is 6.00. The standard InChI is InChI=1S/C18H17ClF3N3O4S/c19-14-9-12(18(20,21)22)11-23-17(14)24-3-5-25(6-4-24)30(26,27)13-1-2-15-16(10-13)29-8-7-28-15/h1-2,9-11H,3-8H2. The van der Waals surface area contributed by atoms with Crippen LogP contribution in [0.25, 0.3) is 0 Å². The predicted molar refractivity (Wildman–Crippen MR) is 103 cm³/mol. The molecule has 0 spiro atoms. The molecule has 1 aromatic carbocycles. The van der Waals surface area contributed by atoms with Crippen LogP contribution in [0.15, 0.2) is 35.4 Å². The fourth-order valence-corrected chi connectivity index (χ4v) is 5.02. The molecule has 1 fully saturated rings. The fraction of sp³-hybridized carbons (Fsp3) is 0.389. The van der Waals surface area contributed by atoms with Crippen molar-refractivity contribution in [2.75, 3.05) is 44.3 Å². The van der Waals surface area contributed by atoms with Gasteiger partial charge < -0.3 is 14.4 Å². The van der Waals surface area contributed by atoms with Crippen molar-refractivity contribution in [1.82, 2.24) is 9.29 Å². The number of anilines is 1. The van der Waals surface area contributed by atoms with Gasteiger partial charge in [0.05, 0.1) is 15.5 Å². The lowest BCUT2D eigenvalue weighted by Crippen LogP contribution is -2.49. The SMILES string of the molecule is O=S(=O)(c1ccc2c(c1)OCCO2)N1CCN(c2ncc(C(F)(F)F)cc2Cl)CC1. The molecule has 4 rings (SSSR count). The zero-order valence-electron chi connectivity index (χ0n) is 15.5. The van der Waals surface area contributed by atoms with Crippen LogP contribution in [-0.2, 0) is 16.2 Å². The van der Waals surface area contributed by atoms with Crippen molar-refractivity contribution < 1.29 is 31.1 Å². The first-order valence-electron chi connectivity index (χ1n) is 9.04. The van der Waals surface area contributed by atoms with Crippen molar-refractivity contribution in [3.8, 4) is 11.5 Å². The Balaban J connectivity index is 1.48. The van der Waals surface area contributed by atoms with Gasteiger partial charge in [-0.3, -0.25) is 0 Å². The summed E-state index contributed by atoms with van der Waals surface area (Å²) in [6.07, 6.45) is -3.81. The van der Waals surface area contributed by atoms with E-state index in [1.807, 2.05) is 0 Å². The number of halogens is 4. The van der Waals surface area contributed by atoms with E-state index in [0.29, 0.717) is 24.7 Å². The molecule has 12 heteroatoms. The van der Waals surface area contributed by atoms with E-state index in [-0.39, 0.29) is 41.9 Å². The van der Waals surface area contributed by atoms with Crippen LogP contribution in [0, 0.1) is 0 Å². The molecule has 3 heterocycles. The number of rotatable bonds is 3. The zero-order chi connectivity index (χ0) is 21.5. The minimum absolute atomic E-state index is 0.0888. The van der Waals surface area contributed by atoms with Gasteiger partial charge in [-0.15, -0.1) is 0 Å². The van der Waals surface area contributed by atoms with Gasteiger partial charge in [0.25, 0.3) is 0 Å². The van der Waals surface area contributed by atoms with E-state index < -0.39 is 21.8 Å². The van der Waals surface area contributed by atoms with Gasteiger partial charge in [0, 0.05) is 38.4 Å². The second-order valence-corrected chi connectivity index (χ2v) is 9.07. The van der Waals surface area contributed by atoms with Gasteiger partial charge in [-0.25, -0.2) is 13.4 Å². The van der Waals surface area contributed by atoms with E-state index in [9.17, 15) is 21.6 Å². The molecule has 162 valence electrons. The Morgan fingerprint density at radius 1 is 1.00 bits per heavy atom. The molecule has 0 saturated carbocycles. The maximum atomic E-state index is 13.0. The molecule has 1 aromatic heterocycles. The number of alkyl halides is 3. The molecule has 0 bridgehead atoms. The van der Waals surface area contributed by atoms with Crippen LogP contribution in [0.1, 0.15) is 5.56 Å². The summed E-state index contributed by atoms with van der Waals surface area (Å²) in [7, 11) is -3.77. The van der Waals surface area contributed by atoms with E-state index in [2.05, 4.69) is 4.98 Å². The molecular formula is C18H17ClF3N3O4S. The second kappa shape index (κ2) is 7.78. The van der Waals surface area contributed by atoms with Crippen LogP contribution >= 0.6 is 11.6 Å². The van der Waals surface area contributed by atoms with Crippen molar-refractivity contribution in [3.63, 3.8) is 0 Å². The summed E-state index contributed by atoms with van der Waals surface area (Å²) in [5.41, 5.74) is -0.934. The summed E-state index contributed by atoms with van der Waals surface area (Å²) in [4.78, 5) is 5.59. The summed E-state index contributed by atoms with van der Waals surface area (Å²) in [6.45, 7) is 1.49. The van der Waals surface area contributed by atoms with E-state index >= 15 is 0 Å². The minimum atomic E-state index is -4.54. The topological polar surface area (TPSA) is 72.0 Å². The van der Waals surface area contributed by atoms with Gasteiger partial charge in [0.1, 0.15) is 19.0 Å². The highest BCUT2D eigenvalue weighted by atomic mass is 35.5. The largest absolute Gasteiger partial charge is 0.486 e. The Kier molecular flexibility index (Phi) is 5.45. The third kappa shape index (κ3) is 4.01. The lowest BCUT2D eigenvalue weighted by Gasteiger charge is -2.35. The van der Waals surface area contributed by atoms with Crippen molar-refractivity contribution in [3.05, 3.63) is 41.0 Å². The molecule has 0 unspecified atom stereocenters. The molecule has 2 aromatic rings. The molecule has 7 nitrogen and oxygen atoms in total. The average Bonchev–Trinajstić information content (AvgIpc) is 2.73. The van der Waals surface area contributed by atoms with Gasteiger partial charge in [-0.2, -0.15) is 17.5 Å². The van der Waals surface area contributed by atoms with Crippen LogP contribution in [0.4, 0.5) is 19.0 Å². The van der Waals surface area contributed by atoms with Crippen LogP contribution in [0.3, 0.4) is 0 Å². The number of nitrogens with zero attached hydrogens (tertiary/aromatic N) is 3. The van der Waals surface area contributed by atoms with Gasteiger partial charge >= 0.3 is 6.18 Å². The van der Waals surface area contributed by atoms with Crippen LogP contribution < -0.4 is 14.4 Å². The van der Waals surface area contributed by atoms with Crippen LogP contribution in [0.2, 0.25) is 5.02 Å². The molecule has 0 radical (unpaired) electrons. The number of ether oxygens (including phenoxy) is 2. The number of benzene rings is 1. The lowest BCUT2D eigenvalue weighted by atomic mass is 10.2. The smallest absolute Gasteiger partial charge is 0.417 e. The Labute approximate surface area is 176 Å². The maximum absolute atomic E-state index is 13.0. The molecular weight excluding hydrogens is 447 g/mol. The summed E-state index contributed by atoms with van der Waals surface area (Å²) in [5, 5.41) is -0.132. The van der Waals surface area contributed by atoms with E-state index in [1.54, 1.807) is 11.0 Å². The Morgan fingerprint density at radius 2 is 1.67 bits per heavy atom. The normalized spacial score (nSPS) is 17.8. The Morgan fingerprint density at radius 3 is 2.30 bits per heavy atom. The first-order chi connectivity index (χ1) is 14.2. The fourth-order valence-electron chi connectivity index (χ4n) is 3.29. The highest BCUT2D eigenvalue weighted by molar-refractivity contribution is 7.89. The molecule has 0 N–H and O–H groups in total. The third-order valence-electron chi connectivity index (χ3n) is 4.84. The van der Waals surface area contributed by atoms with E-state index in [1.165, 1.54) is 16.4 Å². The first kappa shape index (κ1) is 21.0. The molecule has 2 aliphatic rings. The minimum Gasteiger partial charge on any atom is -0.486 e. The van der Waals surface area contributed by atoms with Crippen LogP contribution in [0.5, 0.6) is 11.5 Å². The van der Waals surface area contributed by atoms with E-state index in [4.69, 9.17) is 21.1 Å². The number of hydrogen-bond donors (Lipinski definition) is 0. The number of aromatic nitrogens is 1. The van der Waals surface area contributed by atoms with E-state index in [0.717, 1.165) is 12.3 Å². The zero-order valence-corrected chi connectivity index (χ0v) is 17.1. The van der Waals surface area contributed by atoms with Crippen molar-refractivity contribution in [2.45, 2.75) is 11.1 Å². The average molecular weight is 464 g/mol. The molecule has 30 heavy (non-hydrogen) atoms. The number of fused-ring (bicyclic) bond motifs is 1. The predicted octanol–water partition coefficient (Wildman–Crippen LogP) is 3.04. The van der Waals surface area contributed by atoms with Crippen molar-refractivity contribution in [1.29, 1.82) is 0 Å². The van der Waals surface area contributed by atoms with Crippen molar-refractivity contribution in [2.24, 2.45) is 0 Å². The number of hydrogen-bond acceptors (Lipinski definition) is 6. The first-order valence-corrected chi connectivity index (χ1v) is 10.9. The summed E-state index contributed by atoms with van der Waals surface area (Å²) in [5.74, 6) is 1.07. The molecule has 0 aliphatic carbocycles. The number of piperazine rings is 1. The molecule has 0 atom stereocenters. The third-order valence-corrected chi connectivity index (χ3v) is 7.01.